The highest BCUT2D eigenvalue weighted by Crippen LogP contribution is 2.16. The average molecular weight is 313 g/mol. The number of benzene rings is 2. The van der Waals surface area contributed by atoms with E-state index in [-0.39, 0.29) is 11.3 Å². The Labute approximate surface area is 132 Å². The normalized spacial score (nSPS) is 10.8. The Morgan fingerprint density at radius 3 is 2.65 bits per heavy atom. The summed E-state index contributed by atoms with van der Waals surface area (Å²) in [5, 5.41) is 14.1. The van der Waals surface area contributed by atoms with Crippen LogP contribution < -0.4 is 10.6 Å². The minimum atomic E-state index is -0.822. The van der Waals surface area contributed by atoms with Gasteiger partial charge in [0.05, 0.1) is 5.69 Å². The van der Waals surface area contributed by atoms with Gasteiger partial charge in [-0.1, -0.05) is 12.1 Å². The molecule has 0 heterocycles. The maximum absolute atomic E-state index is 13.5. The van der Waals surface area contributed by atoms with E-state index >= 15 is 0 Å². The lowest BCUT2D eigenvalue weighted by Gasteiger charge is -2.06. The molecule has 2 rings (SSSR count). The van der Waals surface area contributed by atoms with E-state index in [9.17, 15) is 13.6 Å². The van der Waals surface area contributed by atoms with Gasteiger partial charge < -0.3 is 10.6 Å². The molecule has 0 aromatic heterocycles. The number of carbonyl (C=O) groups is 1. The molecule has 0 saturated heterocycles. The molecule has 116 valence electrons. The number of rotatable bonds is 4. The smallest absolute Gasteiger partial charge is 0.267 e. The van der Waals surface area contributed by atoms with E-state index in [0.29, 0.717) is 11.8 Å². The number of hydrogen-bond acceptors (Lipinski definition) is 3. The fourth-order valence-corrected chi connectivity index (χ4v) is 1.83. The first-order chi connectivity index (χ1) is 11.0. The summed E-state index contributed by atoms with van der Waals surface area (Å²) in [5.74, 6) is -2.17. The topological polar surface area (TPSA) is 64.9 Å². The van der Waals surface area contributed by atoms with Gasteiger partial charge in [0, 0.05) is 18.0 Å². The summed E-state index contributed by atoms with van der Waals surface area (Å²) < 4.78 is 26.3. The molecule has 0 spiro atoms. The summed E-state index contributed by atoms with van der Waals surface area (Å²) in [5.41, 5.74) is 1.22. The van der Waals surface area contributed by atoms with Crippen LogP contribution in [0.5, 0.6) is 0 Å². The molecular formula is C17H13F2N3O. The van der Waals surface area contributed by atoms with Crippen LogP contribution in [-0.2, 0) is 4.79 Å². The van der Waals surface area contributed by atoms with Gasteiger partial charge in [-0.05, 0) is 36.8 Å². The number of hydrogen-bond donors (Lipinski definition) is 2. The molecule has 0 radical (unpaired) electrons. The monoisotopic (exact) mass is 313 g/mol. The quantitative estimate of drug-likeness (QED) is 0.667. The van der Waals surface area contributed by atoms with Crippen LogP contribution in [0.2, 0.25) is 0 Å². The van der Waals surface area contributed by atoms with Crippen LogP contribution in [0.1, 0.15) is 5.56 Å². The third-order valence-electron chi connectivity index (χ3n) is 2.94. The van der Waals surface area contributed by atoms with Gasteiger partial charge in [-0.25, -0.2) is 8.78 Å². The zero-order chi connectivity index (χ0) is 16.8. The zero-order valence-electron chi connectivity index (χ0n) is 12.2. The van der Waals surface area contributed by atoms with Crippen LogP contribution in [0, 0.1) is 29.9 Å². The molecule has 23 heavy (non-hydrogen) atoms. The lowest BCUT2D eigenvalue weighted by molar-refractivity contribution is -0.112. The molecule has 0 atom stereocenters. The number of nitrogens with zero attached hydrogens (tertiary/aromatic N) is 1. The minimum absolute atomic E-state index is 0.0393. The molecule has 2 aromatic carbocycles. The van der Waals surface area contributed by atoms with Crippen molar-refractivity contribution >= 4 is 17.3 Å². The number of amides is 1. The maximum Gasteiger partial charge on any atom is 0.267 e. The van der Waals surface area contributed by atoms with Crippen molar-refractivity contribution in [1.29, 1.82) is 5.26 Å². The number of nitriles is 1. The van der Waals surface area contributed by atoms with Gasteiger partial charge >= 0.3 is 0 Å². The van der Waals surface area contributed by atoms with E-state index < -0.39 is 17.5 Å². The van der Waals surface area contributed by atoms with E-state index in [1.54, 1.807) is 24.3 Å². The number of aryl methyl sites for hydroxylation is 1. The molecule has 1 amide bonds. The Morgan fingerprint density at radius 2 is 2.00 bits per heavy atom. The summed E-state index contributed by atoms with van der Waals surface area (Å²) in [6, 6.07) is 11.8. The predicted octanol–water partition coefficient (Wildman–Crippen LogP) is 3.73. The Morgan fingerprint density at radius 1 is 1.22 bits per heavy atom. The van der Waals surface area contributed by atoms with Gasteiger partial charge in [0.25, 0.3) is 5.91 Å². The van der Waals surface area contributed by atoms with Crippen molar-refractivity contribution in [2.75, 3.05) is 10.6 Å². The number of nitrogens with one attached hydrogen (secondary N) is 2. The molecule has 2 aromatic rings. The Bertz CT molecular complexity index is 810. The number of halogens is 2. The summed E-state index contributed by atoms with van der Waals surface area (Å²) in [7, 11) is 0. The van der Waals surface area contributed by atoms with Crippen molar-refractivity contribution in [3.63, 3.8) is 0 Å². The Balaban J connectivity index is 2.12. The first-order valence-electron chi connectivity index (χ1n) is 6.69. The third-order valence-corrected chi connectivity index (χ3v) is 2.94. The van der Waals surface area contributed by atoms with Crippen molar-refractivity contribution in [1.82, 2.24) is 0 Å². The highest BCUT2D eigenvalue weighted by Gasteiger charge is 2.10. The van der Waals surface area contributed by atoms with E-state index in [0.717, 1.165) is 17.8 Å². The number of anilines is 2. The lowest BCUT2D eigenvalue weighted by atomic mass is 10.2. The first-order valence-corrected chi connectivity index (χ1v) is 6.69. The Hall–Kier alpha value is -3.20. The largest absolute Gasteiger partial charge is 0.358 e. The predicted molar refractivity (Wildman–Crippen MR) is 83.5 cm³/mol. The highest BCUT2D eigenvalue weighted by atomic mass is 19.1. The van der Waals surface area contributed by atoms with Gasteiger partial charge in [-0.15, -0.1) is 0 Å². The summed E-state index contributed by atoms with van der Waals surface area (Å²) in [4.78, 5) is 12.0. The second-order valence-corrected chi connectivity index (χ2v) is 4.76. The SMILES string of the molecule is Cc1cccc(NC(=O)/C(C#N)=C\Nc2ccc(F)cc2F)c1. The van der Waals surface area contributed by atoms with Gasteiger partial charge in [-0.3, -0.25) is 4.79 Å². The Kier molecular flexibility index (Phi) is 5.05. The summed E-state index contributed by atoms with van der Waals surface area (Å²) >= 11 is 0. The molecule has 0 bridgehead atoms. The first kappa shape index (κ1) is 16.2. The van der Waals surface area contributed by atoms with E-state index in [2.05, 4.69) is 10.6 Å². The molecule has 0 aliphatic rings. The molecule has 0 aliphatic carbocycles. The van der Waals surface area contributed by atoms with Gasteiger partial charge in [0.1, 0.15) is 23.3 Å². The van der Waals surface area contributed by atoms with E-state index in [1.165, 1.54) is 6.07 Å². The lowest BCUT2D eigenvalue weighted by Crippen LogP contribution is -2.14. The molecule has 0 fully saturated rings. The molecular weight excluding hydrogens is 300 g/mol. The summed E-state index contributed by atoms with van der Waals surface area (Å²) in [6.45, 7) is 1.87. The molecule has 6 heteroatoms. The van der Waals surface area contributed by atoms with Crippen molar-refractivity contribution in [3.05, 3.63) is 71.4 Å². The second-order valence-electron chi connectivity index (χ2n) is 4.76. The standard InChI is InChI=1S/C17H13F2N3O/c1-11-3-2-4-14(7-11)22-17(23)12(9-20)10-21-16-6-5-13(18)8-15(16)19/h2-8,10,21H,1H3,(H,22,23)/b12-10-. The number of carbonyl (C=O) groups excluding carboxylic acids is 1. The van der Waals surface area contributed by atoms with E-state index in [1.807, 2.05) is 13.0 Å². The fourth-order valence-electron chi connectivity index (χ4n) is 1.83. The van der Waals surface area contributed by atoms with Crippen LogP contribution >= 0.6 is 0 Å². The van der Waals surface area contributed by atoms with Gasteiger partial charge in [0.15, 0.2) is 0 Å². The maximum atomic E-state index is 13.5. The van der Waals surface area contributed by atoms with Crippen LogP contribution in [0.25, 0.3) is 0 Å². The van der Waals surface area contributed by atoms with Crippen molar-refractivity contribution in [2.24, 2.45) is 0 Å². The van der Waals surface area contributed by atoms with Crippen LogP contribution in [0.4, 0.5) is 20.2 Å². The second kappa shape index (κ2) is 7.18. The van der Waals surface area contributed by atoms with Crippen LogP contribution in [-0.4, -0.2) is 5.91 Å². The van der Waals surface area contributed by atoms with Crippen molar-refractivity contribution < 1.29 is 13.6 Å². The van der Waals surface area contributed by atoms with Crippen LogP contribution in [0.3, 0.4) is 0 Å². The molecule has 0 saturated carbocycles. The molecule has 4 nitrogen and oxygen atoms in total. The average Bonchev–Trinajstić information content (AvgIpc) is 2.49. The minimum Gasteiger partial charge on any atom is -0.358 e. The zero-order valence-corrected chi connectivity index (χ0v) is 12.2. The molecule has 0 unspecified atom stereocenters. The highest BCUT2D eigenvalue weighted by molar-refractivity contribution is 6.06. The molecule has 0 aliphatic heterocycles. The fraction of sp³-hybridized carbons (Fsp3) is 0.0588. The van der Waals surface area contributed by atoms with Crippen molar-refractivity contribution in [3.8, 4) is 6.07 Å². The van der Waals surface area contributed by atoms with Gasteiger partial charge in [0.2, 0.25) is 0 Å². The molecule has 2 N–H and O–H groups in total. The third kappa shape index (κ3) is 4.38. The summed E-state index contributed by atoms with van der Waals surface area (Å²) in [6.07, 6.45) is 1.07. The van der Waals surface area contributed by atoms with Gasteiger partial charge in [-0.2, -0.15) is 5.26 Å². The van der Waals surface area contributed by atoms with Crippen molar-refractivity contribution in [2.45, 2.75) is 6.92 Å². The van der Waals surface area contributed by atoms with Crippen LogP contribution in [0.15, 0.2) is 54.2 Å². The van der Waals surface area contributed by atoms with E-state index in [4.69, 9.17) is 5.26 Å².